The molecule has 0 spiro atoms. The van der Waals surface area contributed by atoms with E-state index in [4.69, 9.17) is 5.73 Å². The van der Waals surface area contributed by atoms with Gasteiger partial charge in [-0.15, -0.1) is 0 Å². The van der Waals surface area contributed by atoms with Crippen LogP contribution in [0.3, 0.4) is 0 Å². The number of aryl methyl sites for hydroxylation is 1. The van der Waals surface area contributed by atoms with Crippen molar-refractivity contribution in [1.82, 2.24) is 9.62 Å². The van der Waals surface area contributed by atoms with Crippen LogP contribution < -0.4 is 10.5 Å². The van der Waals surface area contributed by atoms with E-state index in [-0.39, 0.29) is 6.04 Å². The van der Waals surface area contributed by atoms with Crippen LogP contribution in [0.1, 0.15) is 30.4 Å². The number of hydrogen-bond acceptors (Lipinski definition) is 4. The number of nitrogens with zero attached hydrogens (tertiary/aromatic N) is 1. The third kappa shape index (κ3) is 4.03. The molecule has 1 unspecified atom stereocenters. The lowest BCUT2D eigenvalue weighted by Crippen LogP contribution is -2.44. The van der Waals surface area contributed by atoms with Crippen LogP contribution in [0.4, 0.5) is 0 Å². The van der Waals surface area contributed by atoms with Gasteiger partial charge < -0.3 is 10.6 Å². The summed E-state index contributed by atoms with van der Waals surface area (Å²) in [6.07, 6.45) is 3.40. The maximum absolute atomic E-state index is 12.5. The Hall–Kier alpha value is -0.950. The van der Waals surface area contributed by atoms with Crippen LogP contribution >= 0.6 is 0 Å². The zero-order chi connectivity index (χ0) is 15.5. The molecule has 1 aliphatic rings. The van der Waals surface area contributed by atoms with Crippen LogP contribution in [-0.4, -0.2) is 39.5 Å². The van der Waals surface area contributed by atoms with Gasteiger partial charge in [0.15, 0.2) is 0 Å². The normalized spacial score (nSPS) is 20.6. The number of rotatable bonds is 5. The summed E-state index contributed by atoms with van der Waals surface area (Å²) in [6, 6.07) is 5.63. The zero-order valence-electron chi connectivity index (χ0n) is 12.8. The van der Waals surface area contributed by atoms with E-state index in [0.717, 1.165) is 24.1 Å². The summed E-state index contributed by atoms with van der Waals surface area (Å²) in [5.41, 5.74) is 7.18. The highest BCUT2D eigenvalue weighted by molar-refractivity contribution is 7.89. The molecule has 2 rings (SSSR count). The van der Waals surface area contributed by atoms with E-state index in [1.165, 1.54) is 12.8 Å². The first kappa shape index (κ1) is 16.4. The van der Waals surface area contributed by atoms with Crippen molar-refractivity contribution in [2.45, 2.75) is 43.7 Å². The molecule has 1 aliphatic heterocycles. The van der Waals surface area contributed by atoms with Crippen molar-refractivity contribution in [3.8, 4) is 0 Å². The monoisotopic (exact) mass is 311 g/mol. The molecule has 0 saturated carbocycles. The van der Waals surface area contributed by atoms with Crippen LogP contribution in [0.5, 0.6) is 0 Å². The van der Waals surface area contributed by atoms with Crippen molar-refractivity contribution in [1.29, 1.82) is 0 Å². The molecule has 118 valence electrons. The Kier molecular flexibility index (Phi) is 5.37. The Balaban J connectivity index is 2.11. The number of nitrogens with one attached hydrogen (secondary N) is 1. The van der Waals surface area contributed by atoms with Crippen LogP contribution in [0.15, 0.2) is 23.1 Å². The molecular formula is C15H25N3O2S. The number of nitrogens with two attached hydrogens (primary N) is 1. The molecule has 0 amide bonds. The molecule has 1 aromatic carbocycles. The van der Waals surface area contributed by atoms with E-state index in [0.29, 0.717) is 18.0 Å². The van der Waals surface area contributed by atoms with Gasteiger partial charge in [0.25, 0.3) is 0 Å². The largest absolute Gasteiger partial charge is 0.326 e. The van der Waals surface area contributed by atoms with Crippen molar-refractivity contribution in [3.05, 3.63) is 29.3 Å². The third-order valence-corrected chi connectivity index (χ3v) is 5.77. The topological polar surface area (TPSA) is 75.4 Å². The van der Waals surface area contributed by atoms with Crippen molar-refractivity contribution in [3.63, 3.8) is 0 Å². The van der Waals surface area contributed by atoms with Crippen LogP contribution in [0, 0.1) is 6.92 Å². The van der Waals surface area contributed by atoms with Gasteiger partial charge >= 0.3 is 0 Å². The van der Waals surface area contributed by atoms with E-state index in [1.54, 1.807) is 6.07 Å². The highest BCUT2D eigenvalue weighted by atomic mass is 32.2. The lowest BCUT2D eigenvalue weighted by molar-refractivity contribution is 0.187. The van der Waals surface area contributed by atoms with Gasteiger partial charge in [0.05, 0.1) is 4.90 Å². The van der Waals surface area contributed by atoms with Crippen molar-refractivity contribution in [2.75, 3.05) is 20.1 Å². The number of hydrogen-bond donors (Lipinski definition) is 2. The van der Waals surface area contributed by atoms with Gasteiger partial charge in [-0.3, -0.25) is 0 Å². The minimum Gasteiger partial charge on any atom is -0.326 e. The Morgan fingerprint density at radius 1 is 1.38 bits per heavy atom. The summed E-state index contributed by atoms with van der Waals surface area (Å²) in [5.74, 6) is 0. The molecule has 0 bridgehead atoms. The van der Waals surface area contributed by atoms with Gasteiger partial charge in [-0.25, -0.2) is 13.1 Å². The summed E-state index contributed by atoms with van der Waals surface area (Å²) in [7, 11) is -1.42. The molecule has 1 atom stereocenters. The van der Waals surface area contributed by atoms with Crippen molar-refractivity contribution >= 4 is 10.0 Å². The van der Waals surface area contributed by atoms with E-state index in [1.807, 2.05) is 19.1 Å². The fraction of sp³-hybridized carbons (Fsp3) is 0.600. The minimum atomic E-state index is -3.48. The van der Waals surface area contributed by atoms with Gasteiger partial charge in [-0.05, 0) is 50.6 Å². The molecule has 0 aliphatic carbocycles. The smallest absolute Gasteiger partial charge is 0.240 e. The Bertz CT molecular complexity index is 587. The first-order chi connectivity index (χ1) is 9.94. The van der Waals surface area contributed by atoms with Gasteiger partial charge in [-0.1, -0.05) is 18.6 Å². The molecule has 0 radical (unpaired) electrons. The Morgan fingerprint density at radius 3 is 2.81 bits per heavy atom. The summed E-state index contributed by atoms with van der Waals surface area (Å²) in [6.45, 7) is 3.65. The molecule has 3 N–H and O–H groups in total. The SMILES string of the molecule is Cc1ccc(CN)cc1S(=O)(=O)NCC1CCCCN1C. The first-order valence-corrected chi connectivity index (χ1v) is 8.92. The molecular weight excluding hydrogens is 286 g/mol. The number of piperidine rings is 1. The highest BCUT2D eigenvalue weighted by Gasteiger charge is 2.23. The number of likely N-dealkylation sites (tertiary alicyclic amines) is 1. The zero-order valence-corrected chi connectivity index (χ0v) is 13.6. The Morgan fingerprint density at radius 2 is 2.14 bits per heavy atom. The molecule has 6 heteroatoms. The van der Waals surface area contributed by atoms with E-state index in [2.05, 4.69) is 16.7 Å². The second kappa shape index (κ2) is 6.87. The standard InChI is InChI=1S/C15H25N3O2S/c1-12-6-7-13(10-16)9-15(12)21(19,20)17-11-14-5-3-4-8-18(14)2/h6-7,9,14,17H,3-5,8,10-11,16H2,1-2H3. The predicted molar refractivity (Wildman–Crippen MR) is 84.5 cm³/mol. The van der Waals surface area contributed by atoms with Crippen molar-refractivity contribution < 1.29 is 8.42 Å². The van der Waals surface area contributed by atoms with Gasteiger partial charge in [0.1, 0.15) is 0 Å². The molecule has 5 nitrogen and oxygen atoms in total. The number of benzene rings is 1. The summed E-state index contributed by atoms with van der Waals surface area (Å²) < 4.78 is 27.8. The summed E-state index contributed by atoms with van der Waals surface area (Å²) in [5, 5.41) is 0. The quantitative estimate of drug-likeness (QED) is 0.857. The van der Waals surface area contributed by atoms with E-state index >= 15 is 0 Å². The van der Waals surface area contributed by atoms with Crippen LogP contribution in [0.2, 0.25) is 0 Å². The van der Waals surface area contributed by atoms with Crippen LogP contribution in [0.25, 0.3) is 0 Å². The molecule has 0 aromatic heterocycles. The molecule has 21 heavy (non-hydrogen) atoms. The summed E-state index contributed by atoms with van der Waals surface area (Å²) >= 11 is 0. The number of sulfonamides is 1. The van der Waals surface area contributed by atoms with E-state index in [9.17, 15) is 8.42 Å². The maximum atomic E-state index is 12.5. The maximum Gasteiger partial charge on any atom is 0.240 e. The molecule has 1 fully saturated rings. The average Bonchev–Trinajstić information content (AvgIpc) is 2.47. The lowest BCUT2D eigenvalue weighted by atomic mass is 10.0. The summed E-state index contributed by atoms with van der Waals surface area (Å²) in [4.78, 5) is 2.57. The van der Waals surface area contributed by atoms with Crippen LogP contribution in [-0.2, 0) is 16.6 Å². The second-order valence-corrected chi connectivity index (χ2v) is 7.52. The fourth-order valence-corrected chi connectivity index (χ4v) is 4.11. The predicted octanol–water partition coefficient (Wildman–Crippen LogP) is 1.22. The first-order valence-electron chi connectivity index (χ1n) is 7.43. The van der Waals surface area contributed by atoms with Gasteiger partial charge in [0, 0.05) is 19.1 Å². The van der Waals surface area contributed by atoms with Gasteiger partial charge in [0.2, 0.25) is 10.0 Å². The minimum absolute atomic E-state index is 0.284. The Labute approximate surface area is 127 Å². The van der Waals surface area contributed by atoms with Crippen molar-refractivity contribution in [2.24, 2.45) is 5.73 Å². The second-order valence-electron chi connectivity index (χ2n) is 5.79. The fourth-order valence-electron chi connectivity index (χ4n) is 2.75. The average molecular weight is 311 g/mol. The number of likely N-dealkylation sites (N-methyl/N-ethyl adjacent to an activating group) is 1. The van der Waals surface area contributed by atoms with Gasteiger partial charge in [-0.2, -0.15) is 0 Å². The third-order valence-electron chi connectivity index (χ3n) is 4.21. The molecule has 1 aromatic rings. The van der Waals surface area contributed by atoms with E-state index < -0.39 is 10.0 Å². The molecule has 1 saturated heterocycles. The molecule has 1 heterocycles. The lowest BCUT2D eigenvalue weighted by Gasteiger charge is -2.32. The highest BCUT2D eigenvalue weighted by Crippen LogP contribution is 2.18.